The van der Waals surface area contributed by atoms with Crippen molar-refractivity contribution in [2.24, 2.45) is 0 Å². The summed E-state index contributed by atoms with van der Waals surface area (Å²) in [4.78, 5) is 12.8. The highest BCUT2D eigenvalue weighted by molar-refractivity contribution is 6.33. The Labute approximate surface area is 194 Å². The van der Waals surface area contributed by atoms with Gasteiger partial charge in [0.1, 0.15) is 17.1 Å². The van der Waals surface area contributed by atoms with Crippen LogP contribution in [0.25, 0.3) is 28.3 Å². The van der Waals surface area contributed by atoms with E-state index in [0.717, 1.165) is 12.3 Å². The van der Waals surface area contributed by atoms with Crippen molar-refractivity contribution in [1.29, 1.82) is 0 Å². The number of rotatable bonds is 5. The molecule has 2 heterocycles. The predicted molar refractivity (Wildman–Crippen MR) is 115 cm³/mol. The molecule has 2 aromatic heterocycles. The number of hydrogen-bond acceptors (Lipinski definition) is 6. The van der Waals surface area contributed by atoms with Gasteiger partial charge in [0.05, 0.1) is 40.3 Å². The number of halogens is 5. The third-order valence-corrected chi connectivity index (χ3v) is 5.13. The molecular weight excluding hydrogens is 480 g/mol. The van der Waals surface area contributed by atoms with Crippen molar-refractivity contribution in [3.63, 3.8) is 0 Å². The summed E-state index contributed by atoms with van der Waals surface area (Å²) in [6, 6.07) is 9.51. The van der Waals surface area contributed by atoms with Crippen LogP contribution >= 0.6 is 11.6 Å². The number of para-hydroxylation sites is 2. The summed E-state index contributed by atoms with van der Waals surface area (Å²) in [5.41, 5.74) is 2.68. The maximum absolute atomic E-state index is 14.6. The van der Waals surface area contributed by atoms with E-state index in [1.807, 2.05) is 0 Å². The summed E-state index contributed by atoms with van der Waals surface area (Å²) < 4.78 is 68.0. The van der Waals surface area contributed by atoms with Crippen molar-refractivity contribution >= 4 is 23.3 Å². The number of benzene rings is 2. The zero-order chi connectivity index (χ0) is 24.6. The van der Waals surface area contributed by atoms with Crippen LogP contribution in [0, 0.1) is 5.82 Å². The maximum Gasteiger partial charge on any atom is 0.434 e. The molecule has 0 bridgehead atoms. The van der Waals surface area contributed by atoms with Crippen LogP contribution in [-0.2, 0) is 10.9 Å². The molecule has 0 aliphatic rings. The fourth-order valence-electron chi connectivity index (χ4n) is 3.41. The zero-order valence-corrected chi connectivity index (χ0v) is 18.1. The highest BCUT2D eigenvalue weighted by Gasteiger charge is 2.42. The van der Waals surface area contributed by atoms with Gasteiger partial charge in [-0.15, -0.1) is 0 Å². The quantitative estimate of drug-likeness (QED) is 0.215. The lowest BCUT2D eigenvalue weighted by molar-refractivity contribution is -0.142. The molecule has 7 nitrogen and oxygen atoms in total. The Morgan fingerprint density at radius 3 is 2.59 bits per heavy atom. The van der Waals surface area contributed by atoms with E-state index in [-0.39, 0.29) is 28.6 Å². The van der Waals surface area contributed by atoms with Gasteiger partial charge in [-0.2, -0.15) is 18.3 Å². The molecule has 34 heavy (non-hydrogen) atoms. The van der Waals surface area contributed by atoms with Gasteiger partial charge in [-0.3, -0.25) is 0 Å². The van der Waals surface area contributed by atoms with Gasteiger partial charge in [0.15, 0.2) is 11.5 Å². The average molecular weight is 495 g/mol. The Kier molecular flexibility index (Phi) is 6.05. The molecule has 176 valence electrons. The molecule has 0 fully saturated rings. The summed E-state index contributed by atoms with van der Waals surface area (Å²) in [7, 11) is 0. The van der Waals surface area contributed by atoms with Gasteiger partial charge >= 0.3 is 12.1 Å². The fourth-order valence-corrected chi connectivity index (χ4v) is 3.66. The maximum atomic E-state index is 14.6. The SMILES string of the molecule is CCOC(=O)c1c(-c2c(F)cccc2Cl)noc1-c1cnn(-c2ccccc2N)c1C(F)(F)F. The van der Waals surface area contributed by atoms with Crippen molar-refractivity contribution < 1.29 is 31.6 Å². The summed E-state index contributed by atoms with van der Waals surface area (Å²) in [5, 5.41) is 7.38. The monoisotopic (exact) mass is 494 g/mol. The van der Waals surface area contributed by atoms with E-state index in [2.05, 4.69) is 10.3 Å². The minimum Gasteiger partial charge on any atom is -0.462 e. The lowest BCUT2D eigenvalue weighted by atomic mass is 10.0. The second kappa shape index (κ2) is 8.82. The van der Waals surface area contributed by atoms with Crippen LogP contribution in [0.2, 0.25) is 5.02 Å². The molecule has 0 aliphatic heterocycles. The van der Waals surface area contributed by atoms with Crippen LogP contribution < -0.4 is 5.73 Å². The number of alkyl halides is 3. The van der Waals surface area contributed by atoms with Crippen LogP contribution in [0.1, 0.15) is 23.0 Å². The van der Waals surface area contributed by atoms with Crippen LogP contribution in [0.3, 0.4) is 0 Å². The Morgan fingerprint density at radius 2 is 1.94 bits per heavy atom. The number of carbonyl (C=O) groups excluding carboxylic acids is 1. The van der Waals surface area contributed by atoms with Crippen molar-refractivity contribution in [2.45, 2.75) is 13.1 Å². The zero-order valence-electron chi connectivity index (χ0n) is 17.4. The molecule has 0 aliphatic carbocycles. The molecule has 4 rings (SSSR count). The highest BCUT2D eigenvalue weighted by atomic mass is 35.5. The Bertz CT molecular complexity index is 1360. The van der Waals surface area contributed by atoms with Crippen LogP contribution in [0.15, 0.2) is 53.2 Å². The first-order chi connectivity index (χ1) is 16.1. The second-order valence-corrected chi connectivity index (χ2v) is 7.33. The van der Waals surface area contributed by atoms with Crippen LogP contribution in [0.5, 0.6) is 0 Å². The van der Waals surface area contributed by atoms with Crippen LogP contribution in [-0.4, -0.2) is 27.5 Å². The number of nitrogens with zero attached hydrogens (tertiary/aromatic N) is 3. The first-order valence-corrected chi connectivity index (χ1v) is 10.1. The molecule has 2 aromatic carbocycles. The predicted octanol–water partition coefficient (Wildman–Crippen LogP) is 5.76. The Balaban J connectivity index is 2.02. The second-order valence-electron chi connectivity index (χ2n) is 6.93. The summed E-state index contributed by atoms with van der Waals surface area (Å²) in [6.07, 6.45) is -4.10. The first kappa shape index (κ1) is 23.3. The van der Waals surface area contributed by atoms with E-state index in [4.69, 9.17) is 26.6 Å². The van der Waals surface area contributed by atoms with E-state index in [0.29, 0.717) is 4.68 Å². The normalized spacial score (nSPS) is 11.6. The lowest BCUT2D eigenvalue weighted by Crippen LogP contribution is -2.16. The first-order valence-electron chi connectivity index (χ1n) is 9.76. The van der Waals surface area contributed by atoms with E-state index >= 15 is 0 Å². The molecule has 0 atom stereocenters. The van der Waals surface area contributed by atoms with E-state index in [1.165, 1.54) is 37.3 Å². The van der Waals surface area contributed by atoms with Gasteiger partial charge in [0, 0.05) is 0 Å². The lowest BCUT2D eigenvalue weighted by Gasteiger charge is -2.13. The molecule has 0 saturated carbocycles. The van der Waals surface area contributed by atoms with Crippen LogP contribution in [0.4, 0.5) is 23.2 Å². The molecule has 0 unspecified atom stereocenters. The molecule has 0 amide bonds. The van der Waals surface area contributed by atoms with Gasteiger partial charge in [-0.05, 0) is 31.2 Å². The molecule has 0 saturated heterocycles. The Morgan fingerprint density at radius 1 is 1.21 bits per heavy atom. The van der Waals surface area contributed by atoms with Gasteiger partial charge in [0.2, 0.25) is 0 Å². The number of nitrogen functional groups attached to an aromatic ring is 1. The molecule has 2 N–H and O–H groups in total. The largest absolute Gasteiger partial charge is 0.462 e. The standard InChI is InChI=1S/C22H15ClF4N4O3/c1-2-33-21(32)17-18(16-12(23)6-5-7-13(16)24)30-34-19(17)11-10-29-31(20(11)22(25,26)27)15-9-4-3-8-14(15)28/h3-10H,2,28H2,1H3. The van der Waals surface area contributed by atoms with Gasteiger partial charge < -0.3 is 15.0 Å². The number of aromatic nitrogens is 3. The van der Waals surface area contributed by atoms with Crippen molar-refractivity contribution in [2.75, 3.05) is 12.3 Å². The number of hydrogen-bond donors (Lipinski definition) is 1. The van der Waals surface area contributed by atoms with Gasteiger partial charge in [-0.1, -0.05) is 35.0 Å². The topological polar surface area (TPSA) is 96.2 Å². The highest BCUT2D eigenvalue weighted by Crippen LogP contribution is 2.43. The number of esters is 1. The fraction of sp³-hybridized carbons (Fsp3) is 0.136. The summed E-state index contributed by atoms with van der Waals surface area (Å²) in [6.45, 7) is 1.39. The molecule has 12 heteroatoms. The minimum absolute atomic E-state index is 0.0321. The molecular formula is C22H15ClF4N4O3. The molecule has 4 aromatic rings. The molecule has 0 radical (unpaired) electrons. The van der Waals surface area contributed by atoms with Crippen molar-refractivity contribution in [3.05, 3.63) is 70.8 Å². The van der Waals surface area contributed by atoms with Gasteiger partial charge in [0.25, 0.3) is 0 Å². The van der Waals surface area contributed by atoms with Gasteiger partial charge in [-0.25, -0.2) is 13.9 Å². The average Bonchev–Trinajstić information content (AvgIpc) is 3.38. The third-order valence-electron chi connectivity index (χ3n) is 4.82. The Hall–Kier alpha value is -3.86. The minimum atomic E-state index is -4.96. The summed E-state index contributed by atoms with van der Waals surface area (Å²) in [5.74, 6) is -2.55. The summed E-state index contributed by atoms with van der Waals surface area (Å²) >= 11 is 6.09. The van der Waals surface area contributed by atoms with E-state index in [9.17, 15) is 22.4 Å². The van der Waals surface area contributed by atoms with Crippen molar-refractivity contribution in [1.82, 2.24) is 14.9 Å². The molecule has 0 spiro atoms. The number of carbonyl (C=O) groups is 1. The van der Waals surface area contributed by atoms with Crippen molar-refractivity contribution in [3.8, 4) is 28.3 Å². The number of anilines is 1. The van der Waals surface area contributed by atoms with E-state index in [1.54, 1.807) is 6.07 Å². The smallest absolute Gasteiger partial charge is 0.434 e. The third kappa shape index (κ3) is 3.98. The number of nitrogens with two attached hydrogens (primary N) is 1. The number of ether oxygens (including phenoxy) is 1. The van der Waals surface area contributed by atoms with E-state index < -0.39 is 46.2 Å².